The highest BCUT2D eigenvalue weighted by Crippen LogP contribution is 2.14. The van der Waals surface area contributed by atoms with E-state index in [0.717, 1.165) is 12.8 Å². The first-order valence-corrected chi connectivity index (χ1v) is 6.66. The fourth-order valence-electron chi connectivity index (χ4n) is 1.31. The monoisotopic (exact) mass is 294 g/mol. The summed E-state index contributed by atoms with van der Waals surface area (Å²) in [6, 6.07) is 0. The highest BCUT2D eigenvalue weighted by Gasteiger charge is 2.19. The summed E-state index contributed by atoms with van der Waals surface area (Å²) in [6.07, 6.45) is 2.08. The smallest absolute Gasteiger partial charge is 0.308 e. The average molecular weight is 295 g/mol. The molecular weight excluding hydrogens is 272 g/mol. The molecule has 0 aromatic rings. The number of hydrogen-bond acceptors (Lipinski definition) is 3. The molecule has 0 fully saturated rings. The van der Waals surface area contributed by atoms with E-state index in [1.54, 1.807) is 0 Å². The van der Waals surface area contributed by atoms with Gasteiger partial charge in [-0.3, -0.25) is 4.79 Å². The van der Waals surface area contributed by atoms with E-state index in [2.05, 4.69) is 22.9 Å². The molecule has 0 aromatic heterocycles. The Bertz CT molecular complexity index is 209. The Labute approximate surface area is 107 Å². The lowest BCUT2D eigenvalue weighted by Crippen LogP contribution is -2.26. The Morgan fingerprint density at radius 1 is 1.38 bits per heavy atom. The number of halogens is 1. The van der Waals surface area contributed by atoms with Crippen molar-refractivity contribution in [3.05, 3.63) is 0 Å². The van der Waals surface area contributed by atoms with E-state index in [0.29, 0.717) is 11.2 Å². The molecule has 0 spiro atoms. The molecular formula is C12H23BrO3. The second-order valence-corrected chi connectivity index (χ2v) is 6.72. The third-order valence-corrected chi connectivity index (χ3v) is 2.42. The van der Waals surface area contributed by atoms with Crippen LogP contribution in [-0.4, -0.2) is 27.6 Å². The molecule has 16 heavy (non-hydrogen) atoms. The summed E-state index contributed by atoms with van der Waals surface area (Å²) in [4.78, 5) is 11.8. The maximum atomic E-state index is 11.4. The molecule has 0 aliphatic heterocycles. The molecule has 4 heteroatoms. The molecule has 0 radical (unpaired) electrons. The van der Waals surface area contributed by atoms with Crippen LogP contribution in [0.25, 0.3) is 0 Å². The number of rotatable bonds is 6. The van der Waals surface area contributed by atoms with Gasteiger partial charge in [-0.25, -0.2) is 0 Å². The molecule has 0 aliphatic rings. The molecule has 0 saturated heterocycles. The van der Waals surface area contributed by atoms with Gasteiger partial charge in [0.2, 0.25) is 0 Å². The van der Waals surface area contributed by atoms with Crippen molar-refractivity contribution in [2.24, 2.45) is 0 Å². The van der Waals surface area contributed by atoms with Gasteiger partial charge in [-0.05, 0) is 40.0 Å². The summed E-state index contributed by atoms with van der Waals surface area (Å²) in [5.74, 6) is -0.327. The largest absolute Gasteiger partial charge is 0.460 e. The summed E-state index contributed by atoms with van der Waals surface area (Å²) in [6.45, 7) is 7.54. The third-order valence-electron chi connectivity index (χ3n) is 1.96. The van der Waals surface area contributed by atoms with E-state index >= 15 is 0 Å². The summed E-state index contributed by atoms with van der Waals surface area (Å²) in [5, 5.41) is 9.61. The standard InChI is InChI=1S/C12H23BrO3/c1-9(13)6-5-7-10(14)8-11(15)16-12(2,3)4/h9-10,14H,5-8H2,1-4H3. The molecule has 0 aliphatic carbocycles. The van der Waals surface area contributed by atoms with Crippen LogP contribution in [0, 0.1) is 0 Å². The van der Waals surface area contributed by atoms with E-state index in [1.165, 1.54) is 0 Å². The van der Waals surface area contributed by atoms with Crippen molar-refractivity contribution < 1.29 is 14.6 Å². The second kappa shape index (κ2) is 7.28. The van der Waals surface area contributed by atoms with E-state index in [9.17, 15) is 9.90 Å². The van der Waals surface area contributed by atoms with Crippen LogP contribution in [0.1, 0.15) is 53.4 Å². The fourth-order valence-corrected chi connectivity index (χ4v) is 1.64. The van der Waals surface area contributed by atoms with E-state index in [1.807, 2.05) is 20.8 Å². The van der Waals surface area contributed by atoms with E-state index < -0.39 is 11.7 Å². The van der Waals surface area contributed by atoms with Crippen molar-refractivity contribution in [1.82, 2.24) is 0 Å². The summed E-state index contributed by atoms with van der Waals surface area (Å²) >= 11 is 3.44. The van der Waals surface area contributed by atoms with Gasteiger partial charge in [0.1, 0.15) is 5.60 Å². The van der Waals surface area contributed by atoms with Gasteiger partial charge in [-0.2, -0.15) is 0 Å². The number of carbonyl (C=O) groups excluding carboxylic acids is 1. The number of alkyl halides is 1. The molecule has 0 bridgehead atoms. The Balaban J connectivity index is 3.70. The van der Waals surface area contributed by atoms with Crippen LogP contribution in [0.2, 0.25) is 0 Å². The second-order valence-electron chi connectivity index (χ2n) is 5.16. The SMILES string of the molecule is CC(Br)CCCC(O)CC(=O)OC(C)(C)C. The molecule has 1 N–H and O–H groups in total. The molecule has 2 unspecified atom stereocenters. The molecule has 0 heterocycles. The lowest BCUT2D eigenvalue weighted by atomic mass is 10.1. The van der Waals surface area contributed by atoms with Crippen LogP contribution in [0.5, 0.6) is 0 Å². The van der Waals surface area contributed by atoms with Gasteiger partial charge in [0.05, 0.1) is 12.5 Å². The highest BCUT2D eigenvalue weighted by molar-refractivity contribution is 9.09. The third kappa shape index (κ3) is 10.4. The van der Waals surface area contributed by atoms with Gasteiger partial charge in [-0.1, -0.05) is 22.9 Å². The van der Waals surface area contributed by atoms with Gasteiger partial charge in [0.15, 0.2) is 0 Å². The maximum absolute atomic E-state index is 11.4. The maximum Gasteiger partial charge on any atom is 0.308 e. The summed E-state index contributed by atoms with van der Waals surface area (Å²) < 4.78 is 5.13. The number of ether oxygens (including phenoxy) is 1. The first kappa shape index (κ1) is 15.9. The van der Waals surface area contributed by atoms with Crippen molar-refractivity contribution in [2.45, 2.75) is 69.9 Å². The molecule has 96 valence electrons. The quantitative estimate of drug-likeness (QED) is 0.605. The van der Waals surface area contributed by atoms with Gasteiger partial charge >= 0.3 is 5.97 Å². The predicted molar refractivity (Wildman–Crippen MR) is 68.7 cm³/mol. The van der Waals surface area contributed by atoms with Gasteiger partial charge < -0.3 is 9.84 Å². The minimum absolute atomic E-state index is 0.0912. The van der Waals surface area contributed by atoms with Crippen LogP contribution in [0.3, 0.4) is 0 Å². The zero-order valence-corrected chi connectivity index (χ0v) is 12.2. The van der Waals surface area contributed by atoms with Gasteiger partial charge in [0, 0.05) is 4.83 Å². The molecule has 0 saturated carbocycles. The predicted octanol–water partition coefficient (Wildman–Crippen LogP) is 3.03. The first-order valence-electron chi connectivity index (χ1n) is 5.74. The Kier molecular flexibility index (Phi) is 7.24. The topological polar surface area (TPSA) is 46.5 Å². The summed E-state index contributed by atoms with van der Waals surface area (Å²) in [7, 11) is 0. The number of esters is 1. The molecule has 0 aromatic carbocycles. The van der Waals surface area contributed by atoms with E-state index in [-0.39, 0.29) is 12.4 Å². The number of carbonyl (C=O) groups is 1. The highest BCUT2D eigenvalue weighted by atomic mass is 79.9. The number of aliphatic hydroxyl groups excluding tert-OH is 1. The van der Waals surface area contributed by atoms with Crippen molar-refractivity contribution in [3.8, 4) is 0 Å². The van der Waals surface area contributed by atoms with Crippen LogP contribution in [-0.2, 0) is 9.53 Å². The normalized spacial score (nSPS) is 15.6. The molecule has 2 atom stereocenters. The summed E-state index contributed by atoms with van der Waals surface area (Å²) in [5.41, 5.74) is -0.471. The minimum atomic E-state index is -0.582. The van der Waals surface area contributed by atoms with E-state index in [4.69, 9.17) is 4.74 Å². The number of aliphatic hydroxyl groups is 1. The first-order chi connectivity index (χ1) is 7.20. The Morgan fingerprint density at radius 3 is 2.38 bits per heavy atom. The van der Waals surface area contributed by atoms with Gasteiger partial charge in [0.25, 0.3) is 0 Å². The fraction of sp³-hybridized carbons (Fsp3) is 0.917. The average Bonchev–Trinajstić information content (AvgIpc) is 1.98. The van der Waals surface area contributed by atoms with Crippen molar-refractivity contribution in [2.75, 3.05) is 0 Å². The lowest BCUT2D eigenvalue weighted by molar-refractivity contribution is -0.157. The van der Waals surface area contributed by atoms with Crippen LogP contribution < -0.4 is 0 Å². The molecule has 0 amide bonds. The van der Waals surface area contributed by atoms with Gasteiger partial charge in [-0.15, -0.1) is 0 Å². The van der Waals surface area contributed by atoms with Crippen molar-refractivity contribution in [3.63, 3.8) is 0 Å². The minimum Gasteiger partial charge on any atom is -0.460 e. The molecule has 3 nitrogen and oxygen atoms in total. The zero-order chi connectivity index (χ0) is 12.8. The zero-order valence-electron chi connectivity index (χ0n) is 10.6. The Hall–Kier alpha value is -0.0900. The Morgan fingerprint density at radius 2 is 1.94 bits per heavy atom. The van der Waals surface area contributed by atoms with Crippen molar-refractivity contribution in [1.29, 1.82) is 0 Å². The van der Waals surface area contributed by atoms with Crippen LogP contribution >= 0.6 is 15.9 Å². The number of hydrogen-bond donors (Lipinski definition) is 1. The van der Waals surface area contributed by atoms with Crippen LogP contribution in [0.4, 0.5) is 0 Å². The lowest BCUT2D eigenvalue weighted by Gasteiger charge is -2.20. The molecule has 0 rings (SSSR count). The van der Waals surface area contributed by atoms with Crippen LogP contribution in [0.15, 0.2) is 0 Å². The van der Waals surface area contributed by atoms with Crippen molar-refractivity contribution >= 4 is 21.9 Å².